The van der Waals surface area contributed by atoms with E-state index in [0.29, 0.717) is 6.04 Å². The summed E-state index contributed by atoms with van der Waals surface area (Å²) in [7, 11) is 1.89. The highest BCUT2D eigenvalue weighted by atomic mass is 32.1. The van der Waals surface area contributed by atoms with Gasteiger partial charge in [-0.2, -0.15) is 0 Å². The molecule has 1 heterocycles. The van der Waals surface area contributed by atoms with Gasteiger partial charge in [-0.3, -0.25) is 0 Å². The van der Waals surface area contributed by atoms with Crippen LogP contribution in [-0.2, 0) is 0 Å². The first-order valence-electron chi connectivity index (χ1n) is 6.42. The first kappa shape index (κ1) is 13.1. The smallest absolute Gasteiger partial charge is 0.168 e. The predicted octanol–water partition coefficient (Wildman–Crippen LogP) is 2.01. The van der Waals surface area contributed by atoms with Gasteiger partial charge in [0.15, 0.2) is 5.11 Å². The van der Waals surface area contributed by atoms with Crippen LogP contribution in [0.25, 0.3) is 0 Å². The van der Waals surface area contributed by atoms with E-state index >= 15 is 0 Å². The van der Waals surface area contributed by atoms with Crippen LogP contribution in [0.4, 0.5) is 5.69 Å². The van der Waals surface area contributed by atoms with E-state index in [1.54, 1.807) is 0 Å². The second-order valence-electron chi connectivity index (χ2n) is 4.88. The number of piperazine rings is 1. The van der Waals surface area contributed by atoms with Crippen LogP contribution in [0.3, 0.4) is 0 Å². The van der Waals surface area contributed by atoms with Gasteiger partial charge >= 0.3 is 0 Å². The highest BCUT2D eigenvalue weighted by Gasteiger charge is 2.24. The van der Waals surface area contributed by atoms with Crippen molar-refractivity contribution >= 4 is 23.0 Å². The van der Waals surface area contributed by atoms with E-state index in [1.165, 1.54) is 11.3 Å². The fourth-order valence-corrected chi connectivity index (χ4v) is 2.59. The lowest BCUT2D eigenvalue weighted by Gasteiger charge is -2.42. The van der Waals surface area contributed by atoms with Gasteiger partial charge in [0.25, 0.3) is 0 Å². The Bertz CT molecular complexity index is 416. The number of hydrogen-bond donors (Lipinski definition) is 1. The summed E-state index contributed by atoms with van der Waals surface area (Å²) in [5.41, 5.74) is 2.62. The van der Waals surface area contributed by atoms with Crippen LogP contribution in [0.15, 0.2) is 24.3 Å². The van der Waals surface area contributed by atoms with Crippen molar-refractivity contribution in [3.05, 3.63) is 29.8 Å². The standard InChI is InChI=1S/C14H21N3S/c1-11-4-6-13(7-5-11)17-9-8-16(10-12(17)2)14(18)15-3/h4-7,12H,8-10H2,1-3H3,(H,15,18)/t12-/m1/s1. The largest absolute Gasteiger partial charge is 0.366 e. The third-order valence-electron chi connectivity index (χ3n) is 3.49. The van der Waals surface area contributed by atoms with Crippen molar-refractivity contribution < 1.29 is 0 Å². The van der Waals surface area contributed by atoms with Crippen LogP contribution in [0, 0.1) is 6.92 Å². The third kappa shape index (κ3) is 2.75. The molecular formula is C14H21N3S. The van der Waals surface area contributed by atoms with Gasteiger partial charge in [-0.1, -0.05) is 17.7 Å². The maximum Gasteiger partial charge on any atom is 0.168 e. The average molecular weight is 263 g/mol. The van der Waals surface area contributed by atoms with Crippen molar-refractivity contribution in [1.29, 1.82) is 0 Å². The fraction of sp³-hybridized carbons (Fsp3) is 0.500. The zero-order chi connectivity index (χ0) is 13.1. The minimum Gasteiger partial charge on any atom is -0.366 e. The molecule has 0 bridgehead atoms. The molecule has 98 valence electrons. The molecule has 1 aliphatic heterocycles. The van der Waals surface area contributed by atoms with Crippen molar-refractivity contribution in [3.8, 4) is 0 Å². The van der Waals surface area contributed by atoms with Crippen molar-refractivity contribution in [2.75, 3.05) is 31.6 Å². The Morgan fingerprint density at radius 3 is 2.50 bits per heavy atom. The van der Waals surface area contributed by atoms with Crippen LogP contribution < -0.4 is 10.2 Å². The number of anilines is 1. The van der Waals surface area contributed by atoms with Gasteiger partial charge in [-0.05, 0) is 38.2 Å². The van der Waals surface area contributed by atoms with E-state index in [9.17, 15) is 0 Å². The van der Waals surface area contributed by atoms with Gasteiger partial charge in [0.05, 0.1) is 0 Å². The molecule has 0 amide bonds. The van der Waals surface area contributed by atoms with E-state index in [2.05, 4.69) is 53.2 Å². The quantitative estimate of drug-likeness (QED) is 0.781. The van der Waals surface area contributed by atoms with Crippen LogP contribution in [0.5, 0.6) is 0 Å². The molecule has 1 atom stereocenters. The van der Waals surface area contributed by atoms with Crippen LogP contribution in [0.2, 0.25) is 0 Å². The van der Waals surface area contributed by atoms with Crippen molar-refractivity contribution in [2.45, 2.75) is 19.9 Å². The Kier molecular flexibility index (Phi) is 4.07. The van der Waals surface area contributed by atoms with E-state index in [1.807, 2.05) is 7.05 Å². The van der Waals surface area contributed by atoms with E-state index in [-0.39, 0.29) is 0 Å². The minimum atomic E-state index is 0.479. The van der Waals surface area contributed by atoms with E-state index in [0.717, 1.165) is 24.7 Å². The predicted molar refractivity (Wildman–Crippen MR) is 81.2 cm³/mol. The molecule has 1 fully saturated rings. The third-order valence-corrected chi connectivity index (χ3v) is 3.96. The molecule has 0 aromatic heterocycles. The fourth-order valence-electron chi connectivity index (χ4n) is 2.42. The summed E-state index contributed by atoms with van der Waals surface area (Å²) in [5, 5.41) is 3.91. The van der Waals surface area contributed by atoms with Gasteiger partial charge in [-0.15, -0.1) is 0 Å². The molecule has 3 nitrogen and oxygen atoms in total. The summed E-state index contributed by atoms with van der Waals surface area (Å²) in [6, 6.07) is 9.24. The SMILES string of the molecule is CNC(=S)N1CCN(c2ccc(C)cc2)[C@H](C)C1. The average Bonchev–Trinajstić information content (AvgIpc) is 2.39. The number of thiocarbonyl (C=S) groups is 1. The summed E-state index contributed by atoms with van der Waals surface area (Å²) in [6.45, 7) is 7.36. The Labute approximate surface area is 115 Å². The summed E-state index contributed by atoms with van der Waals surface area (Å²) in [6.07, 6.45) is 0. The number of benzene rings is 1. The number of nitrogens with zero attached hydrogens (tertiary/aromatic N) is 2. The van der Waals surface area contributed by atoms with Crippen LogP contribution >= 0.6 is 12.2 Å². The van der Waals surface area contributed by atoms with E-state index < -0.39 is 0 Å². The molecule has 0 aliphatic carbocycles. The normalized spacial score (nSPS) is 19.8. The maximum absolute atomic E-state index is 5.30. The molecule has 0 radical (unpaired) electrons. The van der Waals surface area contributed by atoms with Gasteiger partial charge in [0, 0.05) is 38.4 Å². The van der Waals surface area contributed by atoms with Crippen LogP contribution in [0.1, 0.15) is 12.5 Å². The molecule has 0 saturated carbocycles. The molecule has 1 aliphatic rings. The number of rotatable bonds is 1. The molecule has 0 unspecified atom stereocenters. The lowest BCUT2D eigenvalue weighted by atomic mass is 10.1. The first-order chi connectivity index (χ1) is 8.61. The molecule has 2 rings (SSSR count). The molecular weight excluding hydrogens is 242 g/mol. The second kappa shape index (κ2) is 5.57. The van der Waals surface area contributed by atoms with Gasteiger partial charge in [-0.25, -0.2) is 0 Å². The Balaban J connectivity index is 2.05. The summed E-state index contributed by atoms with van der Waals surface area (Å²) >= 11 is 5.30. The molecule has 4 heteroatoms. The molecule has 1 aromatic carbocycles. The Hall–Kier alpha value is -1.29. The van der Waals surface area contributed by atoms with Gasteiger partial charge in [0.1, 0.15) is 0 Å². The number of hydrogen-bond acceptors (Lipinski definition) is 2. The zero-order valence-corrected chi connectivity index (χ0v) is 12.1. The molecule has 1 saturated heterocycles. The lowest BCUT2D eigenvalue weighted by Crippen LogP contribution is -2.55. The van der Waals surface area contributed by atoms with Crippen molar-refractivity contribution in [1.82, 2.24) is 10.2 Å². The lowest BCUT2D eigenvalue weighted by molar-refractivity contribution is 0.336. The first-order valence-corrected chi connectivity index (χ1v) is 6.82. The summed E-state index contributed by atoms with van der Waals surface area (Å²) in [5.74, 6) is 0. The maximum atomic E-state index is 5.30. The zero-order valence-electron chi connectivity index (χ0n) is 11.3. The minimum absolute atomic E-state index is 0.479. The van der Waals surface area contributed by atoms with Gasteiger partial charge < -0.3 is 15.1 Å². The number of aryl methyl sites for hydroxylation is 1. The van der Waals surface area contributed by atoms with Crippen molar-refractivity contribution in [2.24, 2.45) is 0 Å². The molecule has 18 heavy (non-hydrogen) atoms. The molecule has 1 aromatic rings. The van der Waals surface area contributed by atoms with Crippen molar-refractivity contribution in [3.63, 3.8) is 0 Å². The highest BCUT2D eigenvalue weighted by molar-refractivity contribution is 7.80. The molecule has 0 spiro atoms. The monoisotopic (exact) mass is 263 g/mol. The van der Waals surface area contributed by atoms with Gasteiger partial charge in [0.2, 0.25) is 0 Å². The Morgan fingerprint density at radius 1 is 1.28 bits per heavy atom. The number of nitrogens with one attached hydrogen (secondary N) is 1. The topological polar surface area (TPSA) is 18.5 Å². The summed E-state index contributed by atoms with van der Waals surface area (Å²) in [4.78, 5) is 4.69. The highest BCUT2D eigenvalue weighted by Crippen LogP contribution is 2.21. The Morgan fingerprint density at radius 2 is 1.94 bits per heavy atom. The second-order valence-corrected chi connectivity index (χ2v) is 5.27. The van der Waals surface area contributed by atoms with Crippen LogP contribution in [-0.4, -0.2) is 42.7 Å². The van der Waals surface area contributed by atoms with E-state index in [4.69, 9.17) is 12.2 Å². The molecule has 1 N–H and O–H groups in total. The summed E-state index contributed by atoms with van der Waals surface area (Å²) < 4.78 is 0.